The van der Waals surface area contributed by atoms with Crippen LogP contribution in [0.2, 0.25) is 0 Å². The van der Waals surface area contributed by atoms with Gasteiger partial charge < -0.3 is 0 Å². The van der Waals surface area contributed by atoms with E-state index in [1.165, 1.54) is 0 Å². The number of nitrogens with zero attached hydrogens (tertiary/aromatic N) is 2. The number of aromatic nitrogens is 2. The van der Waals surface area contributed by atoms with E-state index in [0.717, 1.165) is 21.5 Å². The topological polar surface area (TPSA) is 25.8 Å². The summed E-state index contributed by atoms with van der Waals surface area (Å²) in [5.41, 5.74) is 2.76. The molecule has 0 saturated carbocycles. The molecule has 0 fully saturated rings. The second kappa shape index (κ2) is 4.36. The molecule has 17 heavy (non-hydrogen) atoms. The van der Waals surface area contributed by atoms with Crippen molar-refractivity contribution in [3.8, 4) is 11.8 Å². The van der Waals surface area contributed by atoms with Crippen LogP contribution in [0.5, 0.6) is 0 Å². The van der Waals surface area contributed by atoms with Gasteiger partial charge in [0.1, 0.15) is 12.0 Å². The molecule has 3 heteroatoms. The summed E-state index contributed by atoms with van der Waals surface area (Å²) in [5, 5.41) is 2.01. The number of rotatable bonds is 0. The van der Waals surface area contributed by atoms with Gasteiger partial charge in [-0.25, -0.2) is 9.97 Å². The third kappa shape index (κ3) is 2.03. The molecule has 0 N–H and O–H groups in total. The van der Waals surface area contributed by atoms with Gasteiger partial charge in [0.25, 0.3) is 0 Å². The van der Waals surface area contributed by atoms with E-state index in [0.29, 0.717) is 0 Å². The van der Waals surface area contributed by atoms with Crippen LogP contribution in [0, 0.1) is 11.8 Å². The maximum absolute atomic E-state index is 4.22. The van der Waals surface area contributed by atoms with Gasteiger partial charge in [0.2, 0.25) is 0 Å². The average Bonchev–Trinajstić information content (AvgIpc) is 2.86. The zero-order valence-electron chi connectivity index (χ0n) is 8.92. The van der Waals surface area contributed by atoms with Crippen LogP contribution < -0.4 is 0 Å². The van der Waals surface area contributed by atoms with Gasteiger partial charge in [-0.3, -0.25) is 0 Å². The van der Waals surface area contributed by atoms with Crippen molar-refractivity contribution in [3.63, 3.8) is 0 Å². The molecule has 80 valence electrons. The normalized spacial score (nSPS) is 9.88. The fraction of sp³-hybridized carbons (Fsp3) is 0. The summed E-state index contributed by atoms with van der Waals surface area (Å²) in [6, 6.07) is 11.9. The van der Waals surface area contributed by atoms with Gasteiger partial charge in [0.15, 0.2) is 0 Å². The number of benzene rings is 1. The molecule has 3 rings (SSSR count). The summed E-state index contributed by atoms with van der Waals surface area (Å²) in [6.07, 6.45) is 1.56. The Bertz CT molecular complexity index is 705. The summed E-state index contributed by atoms with van der Waals surface area (Å²) in [4.78, 5) is 8.41. The zero-order valence-corrected chi connectivity index (χ0v) is 9.74. The summed E-state index contributed by atoms with van der Waals surface area (Å²) in [6.45, 7) is 0. The van der Waals surface area contributed by atoms with Gasteiger partial charge in [-0.1, -0.05) is 24.1 Å². The van der Waals surface area contributed by atoms with Crippen molar-refractivity contribution in [2.75, 3.05) is 0 Å². The highest BCUT2D eigenvalue weighted by molar-refractivity contribution is 7.17. The van der Waals surface area contributed by atoms with Gasteiger partial charge in [-0.15, -0.1) is 11.3 Å². The molecule has 0 radical (unpaired) electrons. The predicted molar refractivity (Wildman–Crippen MR) is 69.8 cm³/mol. The molecular weight excluding hydrogens is 228 g/mol. The largest absolute Gasteiger partial charge is 0.235 e. The molecule has 0 atom stereocenters. The molecule has 0 aliphatic carbocycles. The molecule has 0 bridgehead atoms. The molecule has 0 unspecified atom stereocenters. The summed E-state index contributed by atoms with van der Waals surface area (Å²) >= 11 is 1.62. The number of fused-ring (bicyclic) bond motifs is 1. The number of hydrogen-bond acceptors (Lipinski definition) is 3. The highest BCUT2D eigenvalue weighted by Crippen LogP contribution is 2.20. The van der Waals surface area contributed by atoms with Crippen LogP contribution >= 0.6 is 11.3 Å². The molecule has 3 aromatic rings. The Morgan fingerprint density at radius 2 is 1.82 bits per heavy atom. The lowest BCUT2D eigenvalue weighted by Gasteiger charge is -1.91. The minimum Gasteiger partial charge on any atom is -0.235 e. The first-order valence-electron chi connectivity index (χ1n) is 5.19. The Labute approximate surface area is 103 Å². The zero-order chi connectivity index (χ0) is 11.5. The van der Waals surface area contributed by atoms with E-state index in [9.17, 15) is 0 Å². The molecule has 1 aromatic carbocycles. The van der Waals surface area contributed by atoms with E-state index < -0.39 is 0 Å². The summed E-state index contributed by atoms with van der Waals surface area (Å²) in [7, 11) is 0. The van der Waals surface area contributed by atoms with Crippen LogP contribution in [0.25, 0.3) is 10.2 Å². The Hall–Kier alpha value is -2.18. The van der Waals surface area contributed by atoms with Crippen LogP contribution in [0.4, 0.5) is 0 Å². The Morgan fingerprint density at radius 1 is 0.941 bits per heavy atom. The van der Waals surface area contributed by atoms with Gasteiger partial charge in [0, 0.05) is 5.56 Å². The fourth-order valence-electron chi connectivity index (χ4n) is 1.53. The van der Waals surface area contributed by atoms with Crippen molar-refractivity contribution in [1.82, 2.24) is 9.97 Å². The Morgan fingerprint density at radius 3 is 2.71 bits per heavy atom. The van der Waals surface area contributed by atoms with Crippen LogP contribution in [0.15, 0.2) is 48.1 Å². The second-order valence-corrected chi connectivity index (χ2v) is 4.39. The maximum Gasteiger partial charge on any atom is 0.134 e. The van der Waals surface area contributed by atoms with Crippen LogP contribution in [-0.2, 0) is 0 Å². The highest BCUT2D eigenvalue weighted by atomic mass is 32.1. The van der Waals surface area contributed by atoms with Crippen molar-refractivity contribution in [2.45, 2.75) is 0 Å². The van der Waals surface area contributed by atoms with E-state index in [1.807, 2.05) is 41.8 Å². The predicted octanol–water partition coefficient (Wildman–Crippen LogP) is 3.09. The molecule has 2 aromatic heterocycles. The van der Waals surface area contributed by atoms with Crippen molar-refractivity contribution >= 4 is 21.6 Å². The van der Waals surface area contributed by atoms with Gasteiger partial charge in [-0.2, -0.15) is 0 Å². The molecule has 0 saturated heterocycles. The summed E-state index contributed by atoms with van der Waals surface area (Å²) in [5.74, 6) is 6.21. The molecule has 2 heterocycles. The monoisotopic (exact) mass is 236 g/mol. The highest BCUT2D eigenvalue weighted by Gasteiger charge is 2.01. The van der Waals surface area contributed by atoms with Crippen molar-refractivity contribution < 1.29 is 0 Å². The third-order valence-electron chi connectivity index (χ3n) is 2.34. The average molecular weight is 236 g/mol. The van der Waals surface area contributed by atoms with Crippen molar-refractivity contribution in [1.29, 1.82) is 0 Å². The van der Waals surface area contributed by atoms with Crippen LogP contribution in [0.1, 0.15) is 11.3 Å². The standard InChI is InChI=1S/C14H8N2S/c1-2-4-11(5-3-1)6-7-12-14-13(8-9-17-14)16-10-15-12/h1-5,8-10H. The van der Waals surface area contributed by atoms with Crippen molar-refractivity contribution in [3.05, 3.63) is 59.4 Å². The van der Waals surface area contributed by atoms with E-state index in [1.54, 1.807) is 17.7 Å². The van der Waals surface area contributed by atoms with E-state index in [2.05, 4.69) is 21.8 Å². The van der Waals surface area contributed by atoms with Gasteiger partial charge in [0.05, 0.1) is 10.2 Å². The molecule has 0 spiro atoms. The quantitative estimate of drug-likeness (QED) is 0.560. The van der Waals surface area contributed by atoms with E-state index in [-0.39, 0.29) is 0 Å². The first kappa shape index (κ1) is 10.0. The minimum absolute atomic E-state index is 0.800. The molecular formula is C14H8N2S. The first-order valence-corrected chi connectivity index (χ1v) is 6.07. The van der Waals surface area contributed by atoms with Crippen molar-refractivity contribution in [2.24, 2.45) is 0 Å². The van der Waals surface area contributed by atoms with Gasteiger partial charge in [-0.05, 0) is 29.5 Å². The Kier molecular flexibility index (Phi) is 2.57. The Balaban J connectivity index is 2.06. The van der Waals surface area contributed by atoms with Crippen LogP contribution in [0.3, 0.4) is 0 Å². The summed E-state index contributed by atoms with van der Waals surface area (Å²) < 4.78 is 1.05. The minimum atomic E-state index is 0.800. The third-order valence-corrected chi connectivity index (χ3v) is 3.25. The first-order chi connectivity index (χ1) is 8.43. The number of thiophene rings is 1. The van der Waals surface area contributed by atoms with E-state index in [4.69, 9.17) is 0 Å². The molecule has 0 aliphatic rings. The smallest absolute Gasteiger partial charge is 0.134 e. The second-order valence-electron chi connectivity index (χ2n) is 3.47. The maximum atomic E-state index is 4.22. The molecule has 0 amide bonds. The lowest BCUT2D eigenvalue weighted by Crippen LogP contribution is -1.84. The van der Waals surface area contributed by atoms with Gasteiger partial charge >= 0.3 is 0 Å². The molecule has 0 aliphatic heterocycles. The van der Waals surface area contributed by atoms with Crippen LogP contribution in [-0.4, -0.2) is 9.97 Å². The SMILES string of the molecule is C(#Cc1ncnc2ccsc12)c1ccccc1. The lowest BCUT2D eigenvalue weighted by molar-refractivity contribution is 1.21. The van der Waals surface area contributed by atoms with E-state index >= 15 is 0 Å². The molecule has 2 nitrogen and oxygen atoms in total. The lowest BCUT2D eigenvalue weighted by atomic mass is 10.2. The number of hydrogen-bond donors (Lipinski definition) is 0. The fourth-order valence-corrected chi connectivity index (χ4v) is 2.32.